The van der Waals surface area contributed by atoms with Gasteiger partial charge in [0.1, 0.15) is 0 Å². The van der Waals surface area contributed by atoms with Crippen molar-refractivity contribution in [2.75, 3.05) is 44.6 Å². The van der Waals surface area contributed by atoms with Crippen LogP contribution < -0.4 is 10.6 Å². The Balaban J connectivity index is 0.987. The van der Waals surface area contributed by atoms with Crippen molar-refractivity contribution < 1.29 is 14.4 Å². The number of urea groups is 1. The molecule has 4 aliphatic heterocycles. The molecule has 45 heavy (non-hydrogen) atoms. The number of nitrogens with zero attached hydrogens (tertiary/aromatic N) is 3. The fourth-order valence-electron chi connectivity index (χ4n) is 8.73. The summed E-state index contributed by atoms with van der Waals surface area (Å²) in [6.07, 6.45) is 10.5. The van der Waals surface area contributed by atoms with Gasteiger partial charge in [-0.05, 0) is 117 Å². The average molecular weight is 612 g/mol. The van der Waals surface area contributed by atoms with E-state index in [9.17, 15) is 14.4 Å². The summed E-state index contributed by atoms with van der Waals surface area (Å²) in [5.41, 5.74) is 6.05. The number of aryl methyl sites for hydroxylation is 2. The van der Waals surface area contributed by atoms with Crippen molar-refractivity contribution in [2.45, 2.75) is 83.2 Å². The van der Waals surface area contributed by atoms with Gasteiger partial charge in [-0.25, -0.2) is 4.79 Å². The quantitative estimate of drug-likeness (QED) is 0.462. The molecule has 0 spiro atoms. The second kappa shape index (κ2) is 13.5. The number of hydrogen-bond donors (Lipinski definition) is 2. The van der Waals surface area contributed by atoms with Crippen LogP contribution in [0.25, 0.3) is 0 Å². The van der Waals surface area contributed by atoms with E-state index in [1.54, 1.807) is 0 Å². The summed E-state index contributed by atoms with van der Waals surface area (Å²) in [6, 6.07) is 14.7. The van der Waals surface area contributed by atoms with Gasteiger partial charge in [0.2, 0.25) is 11.8 Å². The number of para-hydroxylation sites is 1. The van der Waals surface area contributed by atoms with Crippen molar-refractivity contribution >= 4 is 23.5 Å². The Hall–Kier alpha value is -3.39. The summed E-state index contributed by atoms with van der Waals surface area (Å²) in [4.78, 5) is 46.8. The molecule has 2 aromatic rings. The van der Waals surface area contributed by atoms with E-state index in [2.05, 4.69) is 39.8 Å². The molecule has 0 saturated carbocycles. The first-order chi connectivity index (χ1) is 22.0. The van der Waals surface area contributed by atoms with E-state index < -0.39 is 0 Å². The second-order valence-electron chi connectivity index (χ2n) is 14.1. The lowest BCUT2D eigenvalue weighted by molar-refractivity contribution is -0.143. The molecule has 1 aliphatic carbocycles. The fourth-order valence-corrected chi connectivity index (χ4v) is 8.73. The highest BCUT2D eigenvalue weighted by Gasteiger charge is 2.36. The van der Waals surface area contributed by atoms with Crippen LogP contribution in [0.1, 0.15) is 73.6 Å². The second-order valence-corrected chi connectivity index (χ2v) is 14.1. The summed E-state index contributed by atoms with van der Waals surface area (Å²) in [5, 5.41) is 6.52. The molecule has 1 atom stereocenters. The van der Waals surface area contributed by atoms with Crippen molar-refractivity contribution in [3.8, 4) is 0 Å². The van der Waals surface area contributed by atoms with Gasteiger partial charge in [0.15, 0.2) is 0 Å². The van der Waals surface area contributed by atoms with Crippen molar-refractivity contribution in [3.05, 3.63) is 64.7 Å². The highest BCUT2D eigenvalue weighted by Crippen LogP contribution is 2.33. The fraction of sp³-hybridized carbons (Fsp3) is 0.595. The summed E-state index contributed by atoms with van der Waals surface area (Å²) in [6.45, 7) is 5.71. The normalized spacial score (nSPS) is 22.1. The van der Waals surface area contributed by atoms with Gasteiger partial charge in [-0.1, -0.05) is 36.4 Å². The first kappa shape index (κ1) is 30.3. The number of fused-ring (bicyclic) bond motifs is 2. The largest absolute Gasteiger partial charge is 0.343 e. The lowest BCUT2D eigenvalue weighted by Crippen LogP contribution is -2.51. The molecule has 1 unspecified atom stereocenters. The zero-order chi connectivity index (χ0) is 30.8. The summed E-state index contributed by atoms with van der Waals surface area (Å²) in [7, 11) is 0. The van der Waals surface area contributed by atoms with Crippen LogP contribution in [0.4, 0.5) is 10.5 Å². The Morgan fingerprint density at radius 1 is 0.800 bits per heavy atom. The number of carbonyl (C=O) groups excluding carboxylic acids is 3. The number of nitrogens with one attached hydrogen (secondary N) is 2. The monoisotopic (exact) mass is 611 g/mol. The van der Waals surface area contributed by atoms with Crippen LogP contribution in [0.15, 0.2) is 42.5 Å². The summed E-state index contributed by atoms with van der Waals surface area (Å²) >= 11 is 0. The van der Waals surface area contributed by atoms with Crippen molar-refractivity contribution in [1.29, 1.82) is 0 Å². The van der Waals surface area contributed by atoms with Gasteiger partial charge in [0.05, 0.1) is 5.92 Å². The molecule has 0 bridgehead atoms. The molecule has 4 amide bonds. The Morgan fingerprint density at radius 3 is 2.31 bits per heavy atom. The maximum Gasteiger partial charge on any atom is 0.322 e. The van der Waals surface area contributed by atoms with Crippen LogP contribution in [0.5, 0.6) is 0 Å². The minimum atomic E-state index is -0.338. The van der Waals surface area contributed by atoms with E-state index in [4.69, 9.17) is 0 Å². The third-order valence-corrected chi connectivity index (χ3v) is 11.4. The van der Waals surface area contributed by atoms with E-state index in [-0.39, 0.29) is 36.2 Å². The van der Waals surface area contributed by atoms with E-state index in [1.807, 2.05) is 28.0 Å². The maximum atomic E-state index is 14.1. The SMILES string of the molecule is O=C(CC(Cc1ccc2c(c1)CCC2)C(=O)N1CCC(C2CCNCC2)CC1)N1CCC(N2Cc3ccccc3NC2=O)CC1. The topological polar surface area (TPSA) is 85.0 Å². The average Bonchev–Trinajstić information content (AvgIpc) is 3.56. The maximum absolute atomic E-state index is 14.1. The molecule has 240 valence electrons. The minimum absolute atomic E-state index is 0.0533. The van der Waals surface area contributed by atoms with Gasteiger partial charge < -0.3 is 25.3 Å². The van der Waals surface area contributed by atoms with Crippen molar-refractivity contribution in [2.24, 2.45) is 17.8 Å². The highest BCUT2D eigenvalue weighted by molar-refractivity contribution is 5.92. The van der Waals surface area contributed by atoms with Gasteiger partial charge in [-0.2, -0.15) is 0 Å². The molecular formula is C37H49N5O3. The molecule has 0 aromatic heterocycles. The predicted octanol–water partition coefficient (Wildman–Crippen LogP) is 5.00. The molecule has 2 aromatic carbocycles. The van der Waals surface area contributed by atoms with Crippen LogP contribution >= 0.6 is 0 Å². The van der Waals surface area contributed by atoms with Crippen LogP contribution in [0, 0.1) is 17.8 Å². The predicted molar refractivity (Wildman–Crippen MR) is 176 cm³/mol. The van der Waals surface area contributed by atoms with Gasteiger partial charge in [-0.3, -0.25) is 9.59 Å². The van der Waals surface area contributed by atoms with Gasteiger partial charge in [0.25, 0.3) is 0 Å². The third kappa shape index (κ3) is 6.76. The number of amides is 4. The first-order valence-electron chi connectivity index (χ1n) is 17.6. The molecule has 3 fully saturated rings. The van der Waals surface area contributed by atoms with Crippen LogP contribution in [0.2, 0.25) is 0 Å². The Labute approximate surface area is 267 Å². The highest BCUT2D eigenvalue weighted by atomic mass is 16.2. The summed E-state index contributed by atoms with van der Waals surface area (Å²) < 4.78 is 0. The van der Waals surface area contributed by atoms with Gasteiger partial charge in [-0.15, -0.1) is 0 Å². The van der Waals surface area contributed by atoms with E-state index in [1.165, 1.54) is 36.0 Å². The molecule has 5 aliphatic rings. The molecule has 3 saturated heterocycles. The van der Waals surface area contributed by atoms with Crippen LogP contribution in [-0.2, 0) is 35.4 Å². The summed E-state index contributed by atoms with van der Waals surface area (Å²) in [5.74, 6) is 1.39. The zero-order valence-electron chi connectivity index (χ0n) is 26.6. The number of hydrogen-bond acceptors (Lipinski definition) is 4. The van der Waals surface area contributed by atoms with Crippen molar-refractivity contribution in [3.63, 3.8) is 0 Å². The first-order valence-corrected chi connectivity index (χ1v) is 17.6. The van der Waals surface area contributed by atoms with Crippen LogP contribution in [0.3, 0.4) is 0 Å². The smallest absolute Gasteiger partial charge is 0.322 e. The molecular weight excluding hydrogens is 562 g/mol. The zero-order valence-corrected chi connectivity index (χ0v) is 26.6. The van der Waals surface area contributed by atoms with Crippen molar-refractivity contribution in [1.82, 2.24) is 20.0 Å². The molecule has 4 heterocycles. The minimum Gasteiger partial charge on any atom is -0.343 e. The molecule has 2 N–H and O–H groups in total. The number of likely N-dealkylation sites (tertiary alicyclic amines) is 2. The molecule has 8 nitrogen and oxygen atoms in total. The molecule has 8 heteroatoms. The Bertz CT molecular complexity index is 1390. The van der Waals surface area contributed by atoms with Crippen LogP contribution in [-0.4, -0.2) is 77.9 Å². The number of benzene rings is 2. The molecule has 7 rings (SSSR count). The Morgan fingerprint density at radius 2 is 1.51 bits per heavy atom. The van der Waals surface area contributed by atoms with Gasteiger partial charge >= 0.3 is 6.03 Å². The lowest BCUT2D eigenvalue weighted by Gasteiger charge is -2.41. The Kier molecular flexibility index (Phi) is 9.11. The standard InChI is InChI=1S/C37H49N5O3/c43-35(40-20-14-33(15-21-40)42-25-31-4-1-2-7-34(31)39-37(42)45)24-32(23-26-8-9-27-5-3-6-30(27)22-26)36(44)41-18-12-29(13-19-41)28-10-16-38-17-11-28/h1-2,4,7-9,22,28-29,32-33,38H,3,5-6,10-21,23-25H2,(H,39,45). The number of rotatable bonds is 7. The molecule has 0 radical (unpaired) electrons. The van der Waals surface area contributed by atoms with E-state index in [0.29, 0.717) is 32.0 Å². The number of piperidine rings is 3. The van der Waals surface area contributed by atoms with E-state index in [0.717, 1.165) is 81.9 Å². The lowest BCUT2D eigenvalue weighted by atomic mass is 9.79. The van der Waals surface area contributed by atoms with Gasteiger partial charge in [0, 0.05) is 50.9 Å². The number of anilines is 1. The number of carbonyl (C=O) groups is 3. The third-order valence-electron chi connectivity index (χ3n) is 11.4. The van der Waals surface area contributed by atoms with E-state index >= 15 is 0 Å².